The molecule has 0 amide bonds. The Morgan fingerprint density at radius 1 is 0.692 bits per heavy atom. The number of methoxy groups -OCH3 is 2. The van der Waals surface area contributed by atoms with Gasteiger partial charge in [0.05, 0.1) is 26.6 Å². The molecule has 0 saturated carbocycles. The predicted octanol–water partition coefficient (Wildman–Crippen LogP) is 3.29. The van der Waals surface area contributed by atoms with E-state index in [2.05, 4.69) is 33.6 Å². The molecule has 1 aromatic heterocycles. The van der Waals surface area contributed by atoms with Crippen LogP contribution in [0.15, 0.2) is 60.9 Å². The number of aromatic nitrogens is 2. The second kappa shape index (κ2) is 8.37. The lowest BCUT2D eigenvalue weighted by atomic mass is 10.2. The molecular formula is C22H16N2O2. The number of ether oxygens (including phenoxy) is 2. The number of benzene rings is 2. The summed E-state index contributed by atoms with van der Waals surface area (Å²) < 4.78 is 10.5. The van der Waals surface area contributed by atoms with E-state index >= 15 is 0 Å². The molecule has 4 heteroatoms. The monoisotopic (exact) mass is 340 g/mol. The first-order valence-corrected chi connectivity index (χ1v) is 7.91. The molecule has 0 fully saturated rings. The standard InChI is InChI=1S/C22H16N2O2/c1-25-21-13-10-18(14-22(21)26-2)9-12-20-16-23-15-19(24-20)11-8-17-6-4-3-5-7-17/h3-7,10,13-16H,1-2H3. The van der Waals surface area contributed by atoms with Crippen LogP contribution < -0.4 is 9.47 Å². The average Bonchev–Trinajstić information content (AvgIpc) is 2.71. The van der Waals surface area contributed by atoms with Crippen molar-refractivity contribution < 1.29 is 9.47 Å². The van der Waals surface area contributed by atoms with E-state index in [-0.39, 0.29) is 0 Å². The van der Waals surface area contributed by atoms with E-state index in [9.17, 15) is 0 Å². The Balaban J connectivity index is 1.82. The topological polar surface area (TPSA) is 44.2 Å². The molecule has 3 aromatic rings. The van der Waals surface area contributed by atoms with Gasteiger partial charge < -0.3 is 9.47 Å². The Kier molecular flexibility index (Phi) is 5.50. The molecule has 0 saturated heterocycles. The second-order valence-electron chi connectivity index (χ2n) is 5.23. The highest BCUT2D eigenvalue weighted by atomic mass is 16.5. The smallest absolute Gasteiger partial charge is 0.161 e. The molecule has 3 rings (SSSR count). The van der Waals surface area contributed by atoms with Gasteiger partial charge in [-0.05, 0) is 42.2 Å². The van der Waals surface area contributed by atoms with Gasteiger partial charge in [0.2, 0.25) is 0 Å². The van der Waals surface area contributed by atoms with Crippen molar-refractivity contribution in [2.24, 2.45) is 0 Å². The van der Waals surface area contributed by atoms with Gasteiger partial charge in [0, 0.05) is 11.1 Å². The molecule has 0 radical (unpaired) electrons. The van der Waals surface area contributed by atoms with Crippen molar-refractivity contribution >= 4 is 0 Å². The van der Waals surface area contributed by atoms with Gasteiger partial charge in [0.1, 0.15) is 11.4 Å². The number of hydrogen-bond donors (Lipinski definition) is 0. The first kappa shape index (κ1) is 17.1. The van der Waals surface area contributed by atoms with Crippen molar-refractivity contribution in [3.8, 4) is 35.2 Å². The van der Waals surface area contributed by atoms with Gasteiger partial charge in [-0.2, -0.15) is 0 Å². The zero-order valence-corrected chi connectivity index (χ0v) is 14.5. The average molecular weight is 340 g/mol. The summed E-state index contributed by atoms with van der Waals surface area (Å²) in [5.41, 5.74) is 2.86. The van der Waals surface area contributed by atoms with Gasteiger partial charge in [-0.1, -0.05) is 30.0 Å². The molecule has 0 aliphatic heterocycles. The second-order valence-corrected chi connectivity index (χ2v) is 5.23. The maximum atomic E-state index is 5.28. The largest absolute Gasteiger partial charge is 0.493 e. The Labute approximate surface area is 152 Å². The zero-order chi connectivity index (χ0) is 18.2. The molecule has 26 heavy (non-hydrogen) atoms. The molecule has 0 N–H and O–H groups in total. The van der Waals surface area contributed by atoms with E-state index < -0.39 is 0 Å². The maximum absolute atomic E-state index is 5.28. The van der Waals surface area contributed by atoms with Crippen LogP contribution in [0, 0.1) is 23.7 Å². The third-order valence-corrected chi connectivity index (χ3v) is 3.46. The van der Waals surface area contributed by atoms with E-state index in [0.717, 1.165) is 11.1 Å². The summed E-state index contributed by atoms with van der Waals surface area (Å²) in [5, 5.41) is 0. The van der Waals surface area contributed by atoms with Crippen molar-refractivity contribution in [1.82, 2.24) is 9.97 Å². The highest BCUT2D eigenvalue weighted by Gasteiger charge is 2.02. The van der Waals surface area contributed by atoms with Crippen molar-refractivity contribution in [3.05, 3.63) is 83.4 Å². The van der Waals surface area contributed by atoms with Crippen LogP contribution >= 0.6 is 0 Å². The summed E-state index contributed by atoms with van der Waals surface area (Å²) in [6, 6.07) is 15.2. The Morgan fingerprint density at radius 2 is 1.35 bits per heavy atom. The summed E-state index contributed by atoms with van der Waals surface area (Å²) in [5.74, 6) is 13.4. The molecule has 0 aliphatic carbocycles. The van der Waals surface area contributed by atoms with Gasteiger partial charge >= 0.3 is 0 Å². The van der Waals surface area contributed by atoms with Crippen molar-refractivity contribution in [3.63, 3.8) is 0 Å². The first-order valence-electron chi connectivity index (χ1n) is 7.91. The van der Waals surface area contributed by atoms with E-state index in [1.807, 2.05) is 48.5 Å². The number of rotatable bonds is 2. The minimum atomic E-state index is 0.555. The first-order chi connectivity index (χ1) is 12.8. The third kappa shape index (κ3) is 4.41. The van der Waals surface area contributed by atoms with Crippen LogP contribution in [0.25, 0.3) is 0 Å². The van der Waals surface area contributed by atoms with Crippen molar-refractivity contribution in [1.29, 1.82) is 0 Å². The fraction of sp³-hybridized carbons (Fsp3) is 0.0909. The summed E-state index contributed by atoms with van der Waals surface area (Å²) in [7, 11) is 3.19. The highest BCUT2D eigenvalue weighted by Crippen LogP contribution is 2.27. The quantitative estimate of drug-likeness (QED) is 0.672. The van der Waals surface area contributed by atoms with Crippen LogP contribution in [0.2, 0.25) is 0 Å². The molecule has 2 aromatic carbocycles. The van der Waals surface area contributed by atoms with E-state index in [1.54, 1.807) is 26.6 Å². The van der Waals surface area contributed by atoms with Crippen LogP contribution in [-0.2, 0) is 0 Å². The van der Waals surface area contributed by atoms with Crippen molar-refractivity contribution in [2.75, 3.05) is 14.2 Å². The number of nitrogens with zero attached hydrogens (tertiary/aromatic N) is 2. The fourth-order valence-corrected chi connectivity index (χ4v) is 2.19. The summed E-state index contributed by atoms with van der Waals surface area (Å²) in [6.45, 7) is 0. The Bertz CT molecular complexity index is 1020. The van der Waals surface area contributed by atoms with E-state index in [1.165, 1.54) is 0 Å². The van der Waals surface area contributed by atoms with Gasteiger partial charge in [-0.3, -0.25) is 4.98 Å². The lowest BCUT2D eigenvalue weighted by Crippen LogP contribution is -1.91. The lowest BCUT2D eigenvalue weighted by molar-refractivity contribution is 0.355. The van der Waals surface area contributed by atoms with Gasteiger partial charge in [-0.25, -0.2) is 4.98 Å². The molecule has 1 heterocycles. The highest BCUT2D eigenvalue weighted by molar-refractivity contribution is 5.50. The van der Waals surface area contributed by atoms with E-state index in [0.29, 0.717) is 22.9 Å². The van der Waals surface area contributed by atoms with Crippen LogP contribution in [-0.4, -0.2) is 24.2 Å². The SMILES string of the molecule is COc1ccc(C#Cc2cncc(C#Cc3ccccc3)n2)cc1OC. The Morgan fingerprint density at radius 3 is 2.00 bits per heavy atom. The molecule has 126 valence electrons. The number of hydrogen-bond acceptors (Lipinski definition) is 4. The molecule has 0 aliphatic rings. The summed E-state index contributed by atoms with van der Waals surface area (Å²) >= 11 is 0. The van der Waals surface area contributed by atoms with Gasteiger partial charge in [0.15, 0.2) is 11.5 Å². The van der Waals surface area contributed by atoms with Gasteiger partial charge in [-0.15, -0.1) is 0 Å². The minimum Gasteiger partial charge on any atom is -0.493 e. The van der Waals surface area contributed by atoms with Crippen LogP contribution in [0.4, 0.5) is 0 Å². The molecular weight excluding hydrogens is 324 g/mol. The maximum Gasteiger partial charge on any atom is 0.161 e. The molecule has 0 spiro atoms. The zero-order valence-electron chi connectivity index (χ0n) is 14.5. The predicted molar refractivity (Wildman–Crippen MR) is 100.0 cm³/mol. The summed E-state index contributed by atoms with van der Waals surface area (Å²) in [4.78, 5) is 8.57. The third-order valence-electron chi connectivity index (χ3n) is 3.46. The molecule has 0 unspecified atom stereocenters. The molecule has 0 atom stereocenters. The van der Waals surface area contributed by atoms with Crippen LogP contribution in [0.3, 0.4) is 0 Å². The lowest BCUT2D eigenvalue weighted by Gasteiger charge is -2.06. The van der Waals surface area contributed by atoms with Crippen LogP contribution in [0.5, 0.6) is 11.5 Å². The van der Waals surface area contributed by atoms with E-state index in [4.69, 9.17) is 9.47 Å². The Hall–Kier alpha value is -3.76. The van der Waals surface area contributed by atoms with Gasteiger partial charge in [0.25, 0.3) is 0 Å². The summed E-state index contributed by atoms with van der Waals surface area (Å²) in [6.07, 6.45) is 3.24. The molecule has 4 nitrogen and oxygen atoms in total. The van der Waals surface area contributed by atoms with Crippen LogP contribution in [0.1, 0.15) is 22.5 Å². The minimum absolute atomic E-state index is 0.555. The normalized spacial score (nSPS) is 9.31. The molecule has 0 bridgehead atoms. The van der Waals surface area contributed by atoms with Crippen molar-refractivity contribution in [2.45, 2.75) is 0 Å². The fourth-order valence-electron chi connectivity index (χ4n) is 2.19.